The van der Waals surface area contributed by atoms with Crippen LogP contribution in [0.5, 0.6) is 0 Å². The number of anilines is 1. The van der Waals surface area contributed by atoms with Gasteiger partial charge >= 0.3 is 0 Å². The molecule has 2 aromatic carbocycles. The van der Waals surface area contributed by atoms with Gasteiger partial charge in [0.1, 0.15) is 12.0 Å². The molecule has 1 saturated heterocycles. The molecule has 3 aromatic rings. The number of piperazine rings is 1. The predicted octanol–water partition coefficient (Wildman–Crippen LogP) is 4.21. The van der Waals surface area contributed by atoms with E-state index in [-0.39, 0.29) is 18.4 Å². The van der Waals surface area contributed by atoms with Gasteiger partial charge in [-0.3, -0.25) is 4.90 Å². The van der Waals surface area contributed by atoms with Gasteiger partial charge in [0.05, 0.1) is 6.10 Å². The molecular weight excluding hydrogens is 389 g/mol. The molecule has 1 aliphatic rings. The van der Waals surface area contributed by atoms with E-state index in [1.165, 1.54) is 11.8 Å². The molecule has 0 aliphatic carbocycles. The first-order chi connectivity index (χ1) is 14.1. The fourth-order valence-corrected chi connectivity index (χ4v) is 4.22. The number of benzene rings is 2. The molecule has 0 radical (unpaired) electrons. The van der Waals surface area contributed by atoms with Crippen molar-refractivity contribution in [2.45, 2.75) is 18.7 Å². The average molecular weight is 414 g/mol. The van der Waals surface area contributed by atoms with Crippen molar-refractivity contribution in [2.75, 3.05) is 31.1 Å². The minimum absolute atomic E-state index is 0.227. The fourth-order valence-electron chi connectivity index (χ4n) is 4.06. The summed E-state index contributed by atoms with van der Waals surface area (Å²) in [4.78, 5) is 4.63. The Morgan fingerprint density at radius 2 is 1.62 bits per heavy atom. The molecule has 2 heterocycles. The van der Waals surface area contributed by atoms with E-state index in [9.17, 15) is 9.50 Å². The highest BCUT2D eigenvalue weighted by Gasteiger charge is 2.30. The molecule has 29 heavy (non-hydrogen) atoms. The van der Waals surface area contributed by atoms with Crippen LogP contribution in [0.15, 0.2) is 73.1 Å². The number of aliphatic hydroxyl groups is 1. The summed E-state index contributed by atoms with van der Waals surface area (Å²) >= 11 is 5.86. The number of hydrogen-bond acceptors (Lipinski definition) is 3. The average Bonchev–Trinajstić information content (AvgIpc) is 3.26. The van der Waals surface area contributed by atoms with E-state index in [1.807, 2.05) is 35.2 Å². The molecule has 1 aromatic heterocycles. The Kier molecular flexibility index (Phi) is 6.19. The molecule has 4 rings (SSSR count). The van der Waals surface area contributed by atoms with Crippen LogP contribution in [0.2, 0.25) is 5.02 Å². The third-order valence-electron chi connectivity index (χ3n) is 5.53. The first kappa shape index (κ1) is 20.0. The second-order valence-corrected chi connectivity index (χ2v) is 7.85. The third kappa shape index (κ3) is 4.64. The van der Waals surface area contributed by atoms with E-state index < -0.39 is 6.10 Å². The van der Waals surface area contributed by atoms with Gasteiger partial charge in [0, 0.05) is 55.7 Å². The summed E-state index contributed by atoms with van der Waals surface area (Å²) in [6.07, 6.45) is 3.13. The van der Waals surface area contributed by atoms with Crippen LogP contribution in [-0.4, -0.2) is 46.9 Å². The fraction of sp³-hybridized carbons (Fsp3) is 0.304. The summed E-state index contributed by atoms with van der Waals surface area (Å²) in [5.74, 6) is -0.378. The molecule has 0 spiro atoms. The summed E-state index contributed by atoms with van der Waals surface area (Å²) in [6.45, 7) is 3.39. The quantitative estimate of drug-likeness (QED) is 0.657. The standard InChI is InChI=1S/C23H25ClFN3O/c24-19-9-8-18(21(25)17-19)16-22(29)23(27-10-4-5-11-27)28-14-12-26(13-15-28)20-6-2-1-3-7-20/h1-11,17,22-23,29H,12-16H2. The molecule has 1 fully saturated rings. The number of aliphatic hydroxyl groups excluding tert-OH is 1. The SMILES string of the molecule is OC(Cc1ccc(Cl)cc1F)C(N1CCN(c2ccccc2)CC1)n1cccc1. The van der Waals surface area contributed by atoms with Gasteiger partial charge in [0.2, 0.25) is 0 Å². The van der Waals surface area contributed by atoms with Crippen molar-refractivity contribution in [3.63, 3.8) is 0 Å². The Bertz CT molecular complexity index is 911. The van der Waals surface area contributed by atoms with Crippen LogP contribution in [0, 0.1) is 5.82 Å². The van der Waals surface area contributed by atoms with Gasteiger partial charge in [-0.1, -0.05) is 35.9 Å². The van der Waals surface area contributed by atoms with Crippen molar-refractivity contribution >= 4 is 17.3 Å². The van der Waals surface area contributed by atoms with E-state index in [0.717, 1.165) is 26.2 Å². The first-order valence-corrected chi connectivity index (χ1v) is 10.3. The second kappa shape index (κ2) is 8.99. The van der Waals surface area contributed by atoms with Gasteiger partial charge in [-0.25, -0.2) is 4.39 Å². The first-order valence-electron chi connectivity index (χ1n) is 9.90. The zero-order chi connectivity index (χ0) is 20.2. The maximum atomic E-state index is 14.3. The van der Waals surface area contributed by atoms with Crippen LogP contribution in [-0.2, 0) is 6.42 Å². The highest BCUT2D eigenvalue weighted by Crippen LogP contribution is 2.26. The summed E-state index contributed by atoms with van der Waals surface area (Å²) in [7, 11) is 0. The Hall–Kier alpha value is -2.34. The molecule has 1 aliphatic heterocycles. The number of halogens is 2. The number of para-hydroxylation sites is 1. The second-order valence-electron chi connectivity index (χ2n) is 7.41. The van der Waals surface area contributed by atoms with Crippen LogP contribution in [0.1, 0.15) is 11.7 Å². The molecule has 4 nitrogen and oxygen atoms in total. The normalized spacial score (nSPS) is 17.3. The van der Waals surface area contributed by atoms with Crippen LogP contribution in [0.3, 0.4) is 0 Å². The van der Waals surface area contributed by atoms with Crippen molar-refractivity contribution in [1.82, 2.24) is 9.47 Å². The summed E-state index contributed by atoms with van der Waals surface area (Å²) < 4.78 is 16.3. The highest BCUT2D eigenvalue weighted by molar-refractivity contribution is 6.30. The van der Waals surface area contributed by atoms with E-state index in [2.05, 4.69) is 34.1 Å². The van der Waals surface area contributed by atoms with Gasteiger partial charge in [-0.05, 0) is 42.0 Å². The van der Waals surface area contributed by atoms with Gasteiger partial charge in [-0.15, -0.1) is 0 Å². The summed E-state index contributed by atoms with van der Waals surface area (Å²) in [5, 5.41) is 11.4. The number of hydrogen-bond donors (Lipinski definition) is 1. The number of rotatable bonds is 6. The molecule has 0 saturated carbocycles. The van der Waals surface area contributed by atoms with Crippen molar-refractivity contribution in [1.29, 1.82) is 0 Å². The van der Waals surface area contributed by atoms with Crippen LogP contribution in [0.25, 0.3) is 0 Å². The largest absolute Gasteiger partial charge is 0.389 e. The van der Waals surface area contributed by atoms with Crippen LogP contribution in [0.4, 0.5) is 10.1 Å². The maximum Gasteiger partial charge on any atom is 0.127 e. The molecule has 2 atom stereocenters. The lowest BCUT2D eigenvalue weighted by molar-refractivity contribution is 0.00412. The lowest BCUT2D eigenvalue weighted by atomic mass is 10.0. The summed E-state index contributed by atoms with van der Waals surface area (Å²) in [6, 6.07) is 18.9. The van der Waals surface area contributed by atoms with Crippen LogP contribution < -0.4 is 4.90 Å². The third-order valence-corrected chi connectivity index (χ3v) is 5.77. The Balaban J connectivity index is 1.49. The predicted molar refractivity (Wildman–Crippen MR) is 115 cm³/mol. The number of nitrogens with zero attached hydrogens (tertiary/aromatic N) is 3. The molecule has 152 valence electrons. The van der Waals surface area contributed by atoms with Gasteiger partial charge < -0.3 is 14.6 Å². The Morgan fingerprint density at radius 1 is 0.931 bits per heavy atom. The van der Waals surface area contributed by atoms with Crippen molar-refractivity contribution in [3.05, 3.63) is 89.5 Å². The van der Waals surface area contributed by atoms with E-state index in [4.69, 9.17) is 11.6 Å². The molecular formula is C23H25ClFN3O. The van der Waals surface area contributed by atoms with Gasteiger partial charge in [-0.2, -0.15) is 0 Å². The molecule has 0 bridgehead atoms. The molecule has 0 amide bonds. The monoisotopic (exact) mass is 413 g/mol. The van der Waals surface area contributed by atoms with Crippen molar-refractivity contribution < 1.29 is 9.50 Å². The lowest BCUT2D eigenvalue weighted by Gasteiger charge is -2.42. The molecule has 1 N–H and O–H groups in total. The smallest absolute Gasteiger partial charge is 0.127 e. The summed E-state index contributed by atoms with van der Waals surface area (Å²) in [5.41, 5.74) is 1.69. The van der Waals surface area contributed by atoms with Crippen molar-refractivity contribution in [2.24, 2.45) is 0 Å². The van der Waals surface area contributed by atoms with E-state index >= 15 is 0 Å². The maximum absolute atomic E-state index is 14.3. The minimum Gasteiger partial charge on any atom is -0.389 e. The van der Waals surface area contributed by atoms with Crippen LogP contribution >= 0.6 is 11.6 Å². The van der Waals surface area contributed by atoms with Gasteiger partial charge in [0.25, 0.3) is 0 Å². The molecule has 2 unspecified atom stereocenters. The van der Waals surface area contributed by atoms with E-state index in [1.54, 1.807) is 12.1 Å². The van der Waals surface area contributed by atoms with Gasteiger partial charge in [0.15, 0.2) is 0 Å². The molecule has 6 heteroatoms. The Morgan fingerprint density at radius 3 is 2.28 bits per heavy atom. The lowest BCUT2D eigenvalue weighted by Crippen LogP contribution is -2.51. The zero-order valence-corrected chi connectivity index (χ0v) is 16.9. The topological polar surface area (TPSA) is 31.6 Å². The minimum atomic E-state index is -0.749. The van der Waals surface area contributed by atoms with E-state index in [0.29, 0.717) is 10.6 Å². The highest BCUT2D eigenvalue weighted by atomic mass is 35.5. The zero-order valence-electron chi connectivity index (χ0n) is 16.2. The Labute approximate surface area is 175 Å². The van der Waals surface area contributed by atoms with Crippen molar-refractivity contribution in [3.8, 4) is 0 Å². The number of aromatic nitrogens is 1.